The Morgan fingerprint density at radius 1 is 1.53 bits per heavy atom. The van der Waals surface area contributed by atoms with Crippen LogP contribution >= 0.6 is 0 Å². The van der Waals surface area contributed by atoms with Gasteiger partial charge in [-0.1, -0.05) is 0 Å². The molecule has 1 saturated heterocycles. The number of hydrogen-bond acceptors (Lipinski definition) is 4. The number of likely N-dealkylation sites (N-methyl/N-ethyl adjacent to an activating group) is 1. The van der Waals surface area contributed by atoms with Crippen LogP contribution in [0.5, 0.6) is 0 Å². The first-order valence-corrected chi connectivity index (χ1v) is 7.24. The smallest absolute Gasteiger partial charge is 0.303 e. The molecule has 0 bridgehead atoms. The molecule has 1 aliphatic heterocycles. The molecule has 1 fully saturated rings. The summed E-state index contributed by atoms with van der Waals surface area (Å²) in [6.45, 7) is 2.42. The predicted molar refractivity (Wildman–Crippen MR) is 62.2 cm³/mol. The number of sulfonamides is 1. The Morgan fingerprint density at radius 3 is 2.65 bits per heavy atom. The van der Waals surface area contributed by atoms with Crippen LogP contribution in [0, 0.1) is 0 Å². The molecule has 0 saturated carbocycles. The molecule has 0 aromatic heterocycles. The lowest BCUT2D eigenvalue weighted by Gasteiger charge is -2.25. The van der Waals surface area contributed by atoms with Crippen LogP contribution < -0.4 is 0 Å². The Bertz CT molecular complexity index is 367. The minimum atomic E-state index is -3.38. The van der Waals surface area contributed by atoms with Crippen LogP contribution in [0.4, 0.5) is 0 Å². The molecule has 6 nitrogen and oxygen atoms in total. The van der Waals surface area contributed by atoms with Gasteiger partial charge in [-0.05, 0) is 19.8 Å². The molecule has 100 valence electrons. The summed E-state index contributed by atoms with van der Waals surface area (Å²) in [4.78, 5) is 10.3. The summed E-state index contributed by atoms with van der Waals surface area (Å²) in [6.07, 6.45) is 0.609. The fourth-order valence-electron chi connectivity index (χ4n) is 1.95. The van der Waals surface area contributed by atoms with Crippen LogP contribution in [-0.4, -0.2) is 55.4 Å². The summed E-state index contributed by atoms with van der Waals surface area (Å²) < 4.78 is 30.5. The average Bonchev–Trinajstić information content (AvgIpc) is 2.62. The van der Waals surface area contributed by atoms with Crippen LogP contribution in [0.1, 0.15) is 26.2 Å². The zero-order chi connectivity index (χ0) is 13.1. The molecule has 2 unspecified atom stereocenters. The first kappa shape index (κ1) is 14.4. The Hall–Kier alpha value is -0.660. The third-order valence-corrected chi connectivity index (χ3v) is 4.99. The van der Waals surface area contributed by atoms with Crippen molar-refractivity contribution < 1.29 is 23.1 Å². The summed E-state index contributed by atoms with van der Waals surface area (Å²) in [5.74, 6) is -1.10. The van der Waals surface area contributed by atoms with Gasteiger partial charge in [0.25, 0.3) is 0 Å². The van der Waals surface area contributed by atoms with Crippen molar-refractivity contribution in [2.24, 2.45) is 0 Å². The topological polar surface area (TPSA) is 83.9 Å². The van der Waals surface area contributed by atoms with Crippen molar-refractivity contribution in [2.75, 3.05) is 19.4 Å². The van der Waals surface area contributed by atoms with Crippen molar-refractivity contribution in [1.82, 2.24) is 4.31 Å². The number of rotatable bonds is 6. The maximum absolute atomic E-state index is 11.9. The minimum Gasteiger partial charge on any atom is -0.481 e. The number of hydrogen-bond donors (Lipinski definition) is 1. The van der Waals surface area contributed by atoms with E-state index in [1.165, 1.54) is 11.4 Å². The largest absolute Gasteiger partial charge is 0.481 e. The second kappa shape index (κ2) is 5.79. The molecule has 1 rings (SSSR count). The van der Waals surface area contributed by atoms with Gasteiger partial charge < -0.3 is 9.84 Å². The lowest BCUT2D eigenvalue weighted by Crippen LogP contribution is -2.42. The average molecular weight is 265 g/mol. The fourth-order valence-corrected chi connectivity index (χ4v) is 3.44. The maximum Gasteiger partial charge on any atom is 0.303 e. The van der Waals surface area contributed by atoms with Gasteiger partial charge in [0.05, 0.1) is 17.9 Å². The van der Waals surface area contributed by atoms with Gasteiger partial charge in [-0.2, -0.15) is 4.31 Å². The van der Waals surface area contributed by atoms with Gasteiger partial charge in [-0.3, -0.25) is 4.79 Å². The second-order valence-corrected chi connectivity index (χ2v) is 6.41. The molecular formula is C10H19NO5S. The van der Waals surface area contributed by atoms with E-state index in [1.807, 2.05) is 6.92 Å². The van der Waals surface area contributed by atoms with E-state index in [1.54, 1.807) is 0 Å². The summed E-state index contributed by atoms with van der Waals surface area (Å²) in [6, 6.07) is -0.134. The van der Waals surface area contributed by atoms with Crippen molar-refractivity contribution in [1.29, 1.82) is 0 Å². The molecule has 0 radical (unpaired) electrons. The molecule has 0 spiro atoms. The molecule has 0 aromatic rings. The van der Waals surface area contributed by atoms with Crippen molar-refractivity contribution in [2.45, 2.75) is 38.3 Å². The van der Waals surface area contributed by atoms with E-state index in [-0.39, 0.29) is 30.7 Å². The highest BCUT2D eigenvalue weighted by Crippen LogP contribution is 2.21. The van der Waals surface area contributed by atoms with E-state index in [2.05, 4.69) is 0 Å². The normalized spacial score (nSPS) is 25.4. The van der Waals surface area contributed by atoms with Gasteiger partial charge >= 0.3 is 5.97 Å². The van der Waals surface area contributed by atoms with Crippen molar-refractivity contribution >= 4 is 16.0 Å². The molecule has 1 N–H and O–H groups in total. The molecule has 1 aliphatic rings. The lowest BCUT2D eigenvalue weighted by molar-refractivity contribution is -0.137. The maximum atomic E-state index is 11.9. The van der Waals surface area contributed by atoms with Gasteiger partial charge in [0.15, 0.2) is 0 Å². The molecular weight excluding hydrogens is 246 g/mol. The van der Waals surface area contributed by atoms with E-state index >= 15 is 0 Å². The quantitative estimate of drug-likeness (QED) is 0.746. The van der Waals surface area contributed by atoms with E-state index in [9.17, 15) is 13.2 Å². The second-order valence-electron chi connectivity index (χ2n) is 4.26. The van der Waals surface area contributed by atoms with Gasteiger partial charge in [0, 0.05) is 20.1 Å². The number of carboxylic acid groups (broad SMARTS) is 1. The van der Waals surface area contributed by atoms with E-state index in [0.717, 1.165) is 0 Å². The lowest BCUT2D eigenvalue weighted by atomic mass is 10.2. The summed E-state index contributed by atoms with van der Waals surface area (Å²) in [5.41, 5.74) is 0. The molecule has 1 heterocycles. The third kappa shape index (κ3) is 3.93. The summed E-state index contributed by atoms with van der Waals surface area (Å²) in [7, 11) is -1.85. The number of carbonyl (C=O) groups is 1. The zero-order valence-electron chi connectivity index (χ0n) is 10.1. The summed E-state index contributed by atoms with van der Waals surface area (Å²) >= 11 is 0. The zero-order valence-corrected chi connectivity index (χ0v) is 10.9. The van der Waals surface area contributed by atoms with Crippen LogP contribution in [-0.2, 0) is 19.6 Å². The van der Waals surface area contributed by atoms with Crippen LogP contribution in [0.2, 0.25) is 0 Å². The third-order valence-electron chi connectivity index (χ3n) is 3.03. The Balaban J connectivity index is 2.54. The highest BCUT2D eigenvalue weighted by Gasteiger charge is 2.34. The van der Waals surface area contributed by atoms with E-state index in [4.69, 9.17) is 9.84 Å². The monoisotopic (exact) mass is 265 g/mol. The van der Waals surface area contributed by atoms with Crippen LogP contribution in [0.15, 0.2) is 0 Å². The molecule has 0 aliphatic carbocycles. The standard InChI is InChI=1S/C10H19NO5S/c1-8-9(5-6-16-8)11(2)17(14,15)7-3-4-10(12)13/h8-9H,3-7H2,1-2H3,(H,12,13). The van der Waals surface area contributed by atoms with Crippen LogP contribution in [0.25, 0.3) is 0 Å². The van der Waals surface area contributed by atoms with Crippen molar-refractivity contribution in [3.05, 3.63) is 0 Å². The van der Waals surface area contributed by atoms with E-state index in [0.29, 0.717) is 13.0 Å². The number of carboxylic acids is 1. The van der Waals surface area contributed by atoms with Gasteiger partial charge in [-0.25, -0.2) is 8.42 Å². The molecule has 2 atom stereocenters. The highest BCUT2D eigenvalue weighted by molar-refractivity contribution is 7.89. The van der Waals surface area contributed by atoms with Crippen molar-refractivity contribution in [3.8, 4) is 0 Å². The minimum absolute atomic E-state index is 0.103. The highest BCUT2D eigenvalue weighted by atomic mass is 32.2. The van der Waals surface area contributed by atoms with Crippen LogP contribution in [0.3, 0.4) is 0 Å². The van der Waals surface area contributed by atoms with Crippen molar-refractivity contribution in [3.63, 3.8) is 0 Å². The predicted octanol–water partition coefficient (Wildman–Crippen LogP) is 0.290. The van der Waals surface area contributed by atoms with Gasteiger partial charge in [0.1, 0.15) is 0 Å². The summed E-state index contributed by atoms with van der Waals surface area (Å²) in [5, 5.41) is 8.47. The number of nitrogens with zero attached hydrogens (tertiary/aromatic N) is 1. The SMILES string of the molecule is CC1OCCC1N(C)S(=O)(=O)CCCC(=O)O. The first-order valence-electron chi connectivity index (χ1n) is 5.63. The Labute approximate surface area is 102 Å². The number of ether oxygens (including phenoxy) is 1. The molecule has 0 aromatic carbocycles. The number of aliphatic carboxylic acids is 1. The fraction of sp³-hybridized carbons (Fsp3) is 0.900. The Kier molecular flexibility index (Phi) is 4.91. The molecule has 17 heavy (non-hydrogen) atoms. The van der Waals surface area contributed by atoms with Gasteiger partial charge in [0.2, 0.25) is 10.0 Å². The molecule has 0 amide bonds. The van der Waals surface area contributed by atoms with Gasteiger partial charge in [-0.15, -0.1) is 0 Å². The first-order chi connectivity index (χ1) is 7.84. The van der Waals surface area contributed by atoms with E-state index < -0.39 is 16.0 Å². The Morgan fingerprint density at radius 2 is 2.18 bits per heavy atom. The molecule has 7 heteroatoms.